The Hall–Kier alpha value is -7.56. The Bertz CT molecular complexity index is 3530. The van der Waals surface area contributed by atoms with Gasteiger partial charge in [-0.15, -0.1) is 0 Å². The quantitative estimate of drug-likeness (QED) is 0.181. The maximum absolute atomic E-state index is 6.22. The highest BCUT2D eigenvalue weighted by atomic mass is 16.3. The number of benzene rings is 9. The average Bonchev–Trinajstić information content (AvgIpc) is 4.04. The van der Waals surface area contributed by atoms with Gasteiger partial charge in [-0.05, 0) is 130 Å². The van der Waals surface area contributed by atoms with Crippen molar-refractivity contribution in [3.63, 3.8) is 0 Å². The van der Waals surface area contributed by atoms with Crippen LogP contribution in [0.5, 0.6) is 0 Å². The molecule has 0 aliphatic heterocycles. The fraction of sp³-hybridized carbons (Fsp3) is 0.0189. The predicted octanol–water partition coefficient (Wildman–Crippen LogP) is 14.0. The van der Waals surface area contributed by atoms with Crippen LogP contribution in [0.1, 0.15) is 0 Å². The molecule has 0 saturated heterocycles. The standard InChI is InChI=1S/C53H31N3O/c1-56-48-17-8-7-16-46(48)55-53(56)43-25-24-40-34-12-5-6-13-39(34)50-33(20-22-41(43)51(40)50)32-27-45(52-47(28-32)54-29-57-52)36-21-23-42-44-26-31(30-10-3-2-4-11-30)18-19-35(44)37-14-9-15-38(36)49(37)42/h2-29H,1H3. The first-order valence-electron chi connectivity index (χ1n) is 19.4. The summed E-state index contributed by atoms with van der Waals surface area (Å²) in [4.78, 5) is 9.90. The van der Waals surface area contributed by atoms with Crippen molar-refractivity contribution in [2.75, 3.05) is 0 Å². The summed E-state index contributed by atoms with van der Waals surface area (Å²) in [6.07, 6.45) is 1.58. The minimum atomic E-state index is 0.795. The zero-order valence-corrected chi connectivity index (χ0v) is 30.9. The molecule has 0 spiro atoms. The minimum absolute atomic E-state index is 0.795. The molecule has 0 N–H and O–H groups in total. The number of oxazole rings is 1. The van der Waals surface area contributed by atoms with E-state index in [9.17, 15) is 0 Å². The van der Waals surface area contributed by atoms with Crippen LogP contribution >= 0.6 is 0 Å². The van der Waals surface area contributed by atoms with Gasteiger partial charge in [0, 0.05) is 18.2 Å². The monoisotopic (exact) mass is 725 g/mol. The van der Waals surface area contributed by atoms with Gasteiger partial charge in [-0.1, -0.05) is 127 Å². The number of rotatable bonds is 4. The number of fused-ring (bicyclic) bond motifs is 8. The summed E-state index contributed by atoms with van der Waals surface area (Å²) in [5, 5.41) is 4.95. The number of aryl methyl sites for hydroxylation is 1. The van der Waals surface area contributed by atoms with E-state index in [1.54, 1.807) is 6.39 Å². The van der Waals surface area contributed by atoms with E-state index in [0.29, 0.717) is 0 Å². The van der Waals surface area contributed by atoms with Gasteiger partial charge in [0.05, 0.1) is 11.0 Å². The van der Waals surface area contributed by atoms with Gasteiger partial charge in [0.2, 0.25) is 0 Å². The van der Waals surface area contributed by atoms with Gasteiger partial charge < -0.3 is 8.98 Å². The Balaban J connectivity index is 1.03. The molecule has 2 aliphatic carbocycles. The second-order valence-electron chi connectivity index (χ2n) is 15.3. The first-order valence-corrected chi connectivity index (χ1v) is 19.4. The van der Waals surface area contributed by atoms with Crippen LogP contribution in [0.15, 0.2) is 175 Å². The van der Waals surface area contributed by atoms with Crippen LogP contribution < -0.4 is 0 Å². The van der Waals surface area contributed by atoms with Crippen LogP contribution in [0.3, 0.4) is 0 Å². The van der Waals surface area contributed by atoms with Crippen LogP contribution in [0.25, 0.3) is 133 Å². The maximum Gasteiger partial charge on any atom is 0.182 e. The molecule has 13 rings (SSSR count). The number of hydrogen-bond donors (Lipinski definition) is 0. The van der Waals surface area contributed by atoms with E-state index in [1.807, 2.05) is 0 Å². The van der Waals surface area contributed by atoms with Crippen molar-refractivity contribution < 1.29 is 4.42 Å². The molecular formula is C53H31N3O. The van der Waals surface area contributed by atoms with E-state index in [2.05, 4.69) is 175 Å². The summed E-state index contributed by atoms with van der Waals surface area (Å²) in [5.41, 5.74) is 21.9. The van der Waals surface area contributed by atoms with Crippen molar-refractivity contribution in [3.8, 4) is 89.3 Å². The van der Waals surface area contributed by atoms with E-state index < -0.39 is 0 Å². The molecule has 0 radical (unpaired) electrons. The van der Waals surface area contributed by atoms with Gasteiger partial charge in [0.15, 0.2) is 12.0 Å². The Morgan fingerprint density at radius 3 is 1.98 bits per heavy atom. The molecule has 0 bridgehead atoms. The molecule has 4 heteroatoms. The smallest absolute Gasteiger partial charge is 0.182 e. The highest BCUT2D eigenvalue weighted by Crippen LogP contribution is 2.55. The topological polar surface area (TPSA) is 43.9 Å². The van der Waals surface area contributed by atoms with Crippen molar-refractivity contribution in [3.05, 3.63) is 170 Å². The lowest BCUT2D eigenvalue weighted by Crippen LogP contribution is -1.94. The molecule has 4 nitrogen and oxygen atoms in total. The predicted molar refractivity (Wildman–Crippen MR) is 234 cm³/mol. The molecular weight excluding hydrogens is 695 g/mol. The van der Waals surface area contributed by atoms with E-state index in [0.717, 1.165) is 50.2 Å². The summed E-state index contributed by atoms with van der Waals surface area (Å²) in [6, 6.07) is 59.7. The van der Waals surface area contributed by atoms with Crippen molar-refractivity contribution in [1.29, 1.82) is 0 Å². The van der Waals surface area contributed by atoms with Crippen LogP contribution in [0.2, 0.25) is 0 Å². The molecule has 2 aliphatic rings. The zero-order valence-electron chi connectivity index (χ0n) is 30.9. The summed E-state index contributed by atoms with van der Waals surface area (Å²) in [7, 11) is 2.11. The summed E-state index contributed by atoms with van der Waals surface area (Å²) >= 11 is 0. The Morgan fingerprint density at radius 1 is 0.421 bits per heavy atom. The number of imidazole rings is 1. The van der Waals surface area contributed by atoms with Crippen molar-refractivity contribution >= 4 is 43.7 Å². The first kappa shape index (κ1) is 30.7. The molecule has 2 heterocycles. The Morgan fingerprint density at radius 2 is 1.09 bits per heavy atom. The third-order valence-electron chi connectivity index (χ3n) is 12.5. The molecule has 9 aromatic carbocycles. The van der Waals surface area contributed by atoms with E-state index in [4.69, 9.17) is 14.4 Å². The zero-order chi connectivity index (χ0) is 37.4. The average molecular weight is 726 g/mol. The molecule has 11 aromatic rings. The Labute approximate surface area is 328 Å². The fourth-order valence-electron chi connectivity index (χ4n) is 9.94. The van der Waals surface area contributed by atoms with Crippen molar-refractivity contribution in [2.24, 2.45) is 7.05 Å². The first-order chi connectivity index (χ1) is 28.2. The minimum Gasteiger partial charge on any atom is -0.443 e. The molecule has 0 unspecified atom stereocenters. The highest BCUT2D eigenvalue weighted by Gasteiger charge is 2.29. The fourth-order valence-corrected chi connectivity index (χ4v) is 9.94. The van der Waals surface area contributed by atoms with Crippen molar-refractivity contribution in [1.82, 2.24) is 14.5 Å². The molecule has 57 heavy (non-hydrogen) atoms. The van der Waals surface area contributed by atoms with Crippen molar-refractivity contribution in [2.45, 2.75) is 0 Å². The third-order valence-corrected chi connectivity index (χ3v) is 12.5. The second kappa shape index (κ2) is 11.2. The molecule has 2 aromatic heterocycles. The lowest BCUT2D eigenvalue weighted by atomic mass is 9.88. The van der Waals surface area contributed by atoms with E-state index >= 15 is 0 Å². The summed E-state index contributed by atoms with van der Waals surface area (Å²) in [5.74, 6) is 0.967. The van der Waals surface area contributed by atoms with Crippen LogP contribution in [0.4, 0.5) is 0 Å². The van der Waals surface area contributed by atoms with Crippen LogP contribution in [-0.4, -0.2) is 14.5 Å². The van der Waals surface area contributed by atoms with Gasteiger partial charge in [-0.2, -0.15) is 0 Å². The molecule has 0 fully saturated rings. The molecule has 0 amide bonds. The highest BCUT2D eigenvalue weighted by molar-refractivity contribution is 6.23. The van der Waals surface area contributed by atoms with E-state index in [1.165, 1.54) is 82.7 Å². The molecule has 0 atom stereocenters. The van der Waals surface area contributed by atoms with Gasteiger partial charge in [-0.25, -0.2) is 9.97 Å². The lowest BCUT2D eigenvalue weighted by Gasteiger charge is -2.15. The molecule has 0 saturated carbocycles. The van der Waals surface area contributed by atoms with E-state index in [-0.39, 0.29) is 0 Å². The Kier molecular flexibility index (Phi) is 6.07. The molecule has 264 valence electrons. The van der Waals surface area contributed by atoms with Gasteiger partial charge in [0.25, 0.3) is 0 Å². The SMILES string of the molecule is Cn1c(-c2ccc3c4c(c(-c5cc(-c6ccc7c8c(cccc68)-c6ccc(-c8ccccc8)cc6-7)c6ocnc6c5)ccc24)-c2ccccc2-3)nc2ccccc21. The lowest BCUT2D eigenvalue weighted by molar-refractivity contribution is 0.603. The van der Waals surface area contributed by atoms with Crippen LogP contribution in [0, 0.1) is 0 Å². The summed E-state index contributed by atoms with van der Waals surface area (Å²) in [6.45, 7) is 0. The summed E-state index contributed by atoms with van der Waals surface area (Å²) < 4.78 is 8.43. The number of aromatic nitrogens is 3. The van der Waals surface area contributed by atoms with Gasteiger partial charge in [0.1, 0.15) is 11.3 Å². The number of para-hydroxylation sites is 2. The number of nitrogens with zero attached hydrogens (tertiary/aromatic N) is 3. The van der Waals surface area contributed by atoms with Gasteiger partial charge in [-0.3, -0.25) is 0 Å². The third kappa shape index (κ3) is 4.16. The maximum atomic E-state index is 6.22. The number of hydrogen-bond acceptors (Lipinski definition) is 3. The largest absolute Gasteiger partial charge is 0.443 e. The second-order valence-corrected chi connectivity index (χ2v) is 15.3. The van der Waals surface area contributed by atoms with Gasteiger partial charge >= 0.3 is 0 Å². The van der Waals surface area contributed by atoms with Crippen LogP contribution in [-0.2, 0) is 7.05 Å². The normalized spacial score (nSPS) is 12.3.